The maximum absolute atomic E-state index is 13.2. The van der Waals surface area contributed by atoms with E-state index in [0.29, 0.717) is 17.4 Å². The predicted molar refractivity (Wildman–Crippen MR) is 91.0 cm³/mol. The van der Waals surface area contributed by atoms with Crippen molar-refractivity contribution in [1.29, 1.82) is 0 Å². The van der Waals surface area contributed by atoms with E-state index in [2.05, 4.69) is 5.32 Å². The topological polar surface area (TPSA) is 49.4 Å². The van der Waals surface area contributed by atoms with Crippen molar-refractivity contribution in [2.24, 2.45) is 5.92 Å². The third-order valence-corrected chi connectivity index (χ3v) is 6.69. The predicted octanol–water partition coefficient (Wildman–Crippen LogP) is 2.85. The van der Waals surface area contributed by atoms with E-state index in [-0.39, 0.29) is 6.04 Å². The molecule has 2 aromatic carbocycles. The first kappa shape index (κ1) is 14.7. The molecule has 1 fully saturated rings. The second-order valence-electron chi connectivity index (χ2n) is 6.39. The van der Waals surface area contributed by atoms with E-state index in [4.69, 9.17) is 0 Å². The molecule has 4 nitrogen and oxygen atoms in total. The van der Waals surface area contributed by atoms with Crippen molar-refractivity contribution in [3.8, 4) is 0 Å². The molecule has 2 aliphatic heterocycles. The number of nitrogens with zero attached hydrogens (tertiary/aromatic N) is 1. The number of hydrogen-bond donors (Lipinski definition) is 1. The van der Waals surface area contributed by atoms with E-state index in [1.807, 2.05) is 43.3 Å². The summed E-state index contributed by atoms with van der Waals surface area (Å²) in [6, 6.07) is 15.2. The Bertz CT molecular complexity index is 830. The van der Waals surface area contributed by atoms with Gasteiger partial charge in [-0.25, -0.2) is 8.42 Å². The number of para-hydroxylation sites is 1. The van der Waals surface area contributed by atoms with E-state index in [0.717, 1.165) is 29.8 Å². The van der Waals surface area contributed by atoms with Gasteiger partial charge < -0.3 is 5.32 Å². The van der Waals surface area contributed by atoms with Crippen LogP contribution in [0.1, 0.15) is 23.6 Å². The molecular formula is C18H20N2O2S. The lowest BCUT2D eigenvalue weighted by Crippen LogP contribution is -2.41. The van der Waals surface area contributed by atoms with Gasteiger partial charge in [-0.3, -0.25) is 4.31 Å². The van der Waals surface area contributed by atoms with E-state index < -0.39 is 10.0 Å². The molecule has 1 saturated heterocycles. The molecule has 5 heteroatoms. The minimum Gasteiger partial charge on any atom is -0.310 e. The third-order valence-electron chi connectivity index (χ3n) is 4.90. The van der Waals surface area contributed by atoms with Crippen LogP contribution < -0.4 is 9.62 Å². The Balaban J connectivity index is 1.82. The molecule has 23 heavy (non-hydrogen) atoms. The minimum absolute atomic E-state index is 0.274. The van der Waals surface area contributed by atoms with Crippen LogP contribution in [0.2, 0.25) is 0 Å². The second-order valence-corrected chi connectivity index (χ2v) is 8.25. The maximum Gasteiger partial charge on any atom is 0.264 e. The van der Waals surface area contributed by atoms with Gasteiger partial charge >= 0.3 is 0 Å². The molecule has 2 aromatic rings. The van der Waals surface area contributed by atoms with Gasteiger partial charge in [-0.05, 0) is 49.6 Å². The average molecular weight is 328 g/mol. The Morgan fingerprint density at radius 1 is 1.09 bits per heavy atom. The summed E-state index contributed by atoms with van der Waals surface area (Å²) in [6.07, 6.45) is 1.01. The van der Waals surface area contributed by atoms with Crippen molar-refractivity contribution in [2.75, 3.05) is 17.4 Å². The maximum atomic E-state index is 13.2. The highest BCUT2D eigenvalue weighted by atomic mass is 32.2. The van der Waals surface area contributed by atoms with Crippen molar-refractivity contribution in [3.05, 3.63) is 59.7 Å². The van der Waals surface area contributed by atoms with E-state index in [1.165, 1.54) is 0 Å². The number of hydrogen-bond acceptors (Lipinski definition) is 3. The first-order valence-corrected chi connectivity index (χ1v) is 9.43. The van der Waals surface area contributed by atoms with Crippen LogP contribution in [0.25, 0.3) is 0 Å². The summed E-state index contributed by atoms with van der Waals surface area (Å²) >= 11 is 0. The SMILES string of the molecule is Cc1ccc(S(=O)(=O)N2C[C@H]3CCN[C@H]3c3ccccc32)cc1. The zero-order chi connectivity index (χ0) is 16.0. The van der Waals surface area contributed by atoms with E-state index in [9.17, 15) is 8.42 Å². The molecule has 0 aromatic heterocycles. The molecule has 0 unspecified atom stereocenters. The van der Waals surface area contributed by atoms with Crippen molar-refractivity contribution in [1.82, 2.24) is 5.32 Å². The molecule has 0 aliphatic carbocycles. The molecule has 2 aliphatic rings. The standard InChI is InChI=1S/C18H20N2O2S/c1-13-6-8-15(9-7-13)23(21,22)20-12-14-10-11-19-18(14)16-4-2-3-5-17(16)20/h2-9,14,18-19H,10-12H2,1H3/t14-,18-/m1/s1. The first-order chi connectivity index (χ1) is 11.1. The van der Waals surface area contributed by atoms with E-state index >= 15 is 0 Å². The summed E-state index contributed by atoms with van der Waals surface area (Å²) < 4.78 is 27.9. The van der Waals surface area contributed by atoms with Gasteiger partial charge in [-0.15, -0.1) is 0 Å². The Kier molecular flexibility index (Phi) is 3.43. The summed E-state index contributed by atoms with van der Waals surface area (Å²) in [4.78, 5) is 0.363. The molecule has 0 saturated carbocycles. The molecule has 0 spiro atoms. The van der Waals surface area contributed by atoms with Crippen LogP contribution in [0.15, 0.2) is 53.4 Å². The van der Waals surface area contributed by atoms with Crippen LogP contribution in [0.5, 0.6) is 0 Å². The fourth-order valence-electron chi connectivity index (χ4n) is 3.67. The number of anilines is 1. The van der Waals surface area contributed by atoms with Gasteiger partial charge in [0, 0.05) is 12.6 Å². The fourth-order valence-corrected chi connectivity index (χ4v) is 5.22. The lowest BCUT2D eigenvalue weighted by molar-refractivity contribution is 0.452. The number of aryl methyl sites for hydroxylation is 1. The lowest BCUT2D eigenvalue weighted by atomic mass is 9.89. The normalized spacial score (nSPS) is 23.4. The molecular weight excluding hydrogens is 308 g/mol. The second kappa shape index (κ2) is 5.35. The van der Waals surface area contributed by atoms with Crippen LogP contribution in [0.3, 0.4) is 0 Å². The van der Waals surface area contributed by atoms with Gasteiger partial charge in [0.25, 0.3) is 10.0 Å². The van der Waals surface area contributed by atoms with Crippen molar-refractivity contribution in [3.63, 3.8) is 0 Å². The first-order valence-electron chi connectivity index (χ1n) is 7.99. The molecule has 4 rings (SSSR count). The fraction of sp³-hybridized carbons (Fsp3) is 0.333. The summed E-state index contributed by atoms with van der Waals surface area (Å²) in [7, 11) is -3.53. The summed E-state index contributed by atoms with van der Waals surface area (Å²) in [5, 5.41) is 3.51. The minimum atomic E-state index is -3.53. The smallest absolute Gasteiger partial charge is 0.264 e. The zero-order valence-electron chi connectivity index (χ0n) is 13.1. The van der Waals surface area contributed by atoms with Gasteiger partial charge in [-0.2, -0.15) is 0 Å². The lowest BCUT2D eigenvalue weighted by Gasteiger charge is -2.37. The molecule has 120 valence electrons. The monoisotopic (exact) mass is 328 g/mol. The highest BCUT2D eigenvalue weighted by Gasteiger charge is 2.40. The van der Waals surface area contributed by atoms with Crippen molar-refractivity contribution in [2.45, 2.75) is 24.3 Å². The number of rotatable bonds is 2. The van der Waals surface area contributed by atoms with Crippen LogP contribution in [-0.2, 0) is 10.0 Å². The zero-order valence-corrected chi connectivity index (χ0v) is 13.9. The number of nitrogens with one attached hydrogen (secondary N) is 1. The summed E-state index contributed by atoms with van der Waals surface area (Å²) in [5.74, 6) is 0.338. The van der Waals surface area contributed by atoms with Crippen LogP contribution in [0, 0.1) is 12.8 Å². The Hall–Kier alpha value is -1.85. The van der Waals surface area contributed by atoms with Gasteiger partial charge in [0.2, 0.25) is 0 Å². The number of fused-ring (bicyclic) bond motifs is 3. The van der Waals surface area contributed by atoms with Crippen LogP contribution in [-0.4, -0.2) is 21.5 Å². The molecule has 0 bridgehead atoms. The Morgan fingerprint density at radius 3 is 2.61 bits per heavy atom. The Labute approximate surface area is 137 Å². The number of benzene rings is 2. The van der Waals surface area contributed by atoms with Gasteiger partial charge in [-0.1, -0.05) is 35.9 Å². The average Bonchev–Trinajstić information content (AvgIpc) is 3.03. The Morgan fingerprint density at radius 2 is 1.83 bits per heavy atom. The van der Waals surface area contributed by atoms with Gasteiger partial charge in [0.05, 0.1) is 10.6 Å². The quantitative estimate of drug-likeness (QED) is 0.922. The molecule has 1 N–H and O–H groups in total. The number of sulfonamides is 1. The summed E-state index contributed by atoms with van der Waals surface area (Å²) in [5.41, 5.74) is 2.96. The highest BCUT2D eigenvalue weighted by Crippen LogP contribution is 2.43. The highest BCUT2D eigenvalue weighted by molar-refractivity contribution is 7.92. The van der Waals surface area contributed by atoms with Crippen molar-refractivity contribution < 1.29 is 8.42 Å². The van der Waals surface area contributed by atoms with E-state index in [1.54, 1.807) is 16.4 Å². The molecule has 0 radical (unpaired) electrons. The third kappa shape index (κ3) is 2.35. The van der Waals surface area contributed by atoms with Gasteiger partial charge in [0.15, 0.2) is 0 Å². The molecule has 2 atom stereocenters. The van der Waals surface area contributed by atoms with Crippen molar-refractivity contribution >= 4 is 15.7 Å². The summed E-state index contributed by atoms with van der Waals surface area (Å²) in [6.45, 7) is 3.45. The molecule has 0 amide bonds. The van der Waals surface area contributed by atoms with Crippen LogP contribution in [0.4, 0.5) is 5.69 Å². The van der Waals surface area contributed by atoms with Gasteiger partial charge in [0.1, 0.15) is 0 Å². The largest absolute Gasteiger partial charge is 0.310 e. The van der Waals surface area contributed by atoms with Crippen LogP contribution >= 0.6 is 0 Å². The molecule has 2 heterocycles.